The van der Waals surface area contributed by atoms with Crippen LogP contribution in [-0.4, -0.2) is 33.1 Å². The Bertz CT molecular complexity index is 1040. The fourth-order valence-electron chi connectivity index (χ4n) is 3.67. The Morgan fingerprint density at radius 1 is 1.38 bits per heavy atom. The maximum Gasteiger partial charge on any atom is 0.410 e. The molecule has 154 valence electrons. The van der Waals surface area contributed by atoms with Gasteiger partial charge in [0.15, 0.2) is 0 Å². The van der Waals surface area contributed by atoms with Crippen LogP contribution in [0.15, 0.2) is 22.8 Å². The number of allylic oxidation sites excluding steroid dienone is 1. The second-order valence-corrected chi connectivity index (χ2v) is 9.96. The van der Waals surface area contributed by atoms with Gasteiger partial charge in [0.1, 0.15) is 11.4 Å². The van der Waals surface area contributed by atoms with E-state index in [1.54, 1.807) is 16.2 Å². The number of hydrogen-bond acceptors (Lipinski definition) is 5. The summed E-state index contributed by atoms with van der Waals surface area (Å²) in [7, 11) is 0. The number of aromatic nitrogens is 2. The molecule has 0 saturated heterocycles. The van der Waals surface area contributed by atoms with Crippen LogP contribution in [0.25, 0.3) is 5.57 Å². The zero-order valence-corrected chi connectivity index (χ0v) is 18.2. The van der Waals surface area contributed by atoms with Gasteiger partial charge in [0.2, 0.25) is 0 Å². The number of ether oxygens (including phenoxy) is 1. The molecule has 6 nitrogen and oxygen atoms in total. The van der Waals surface area contributed by atoms with Crippen LogP contribution in [0.3, 0.4) is 0 Å². The molecule has 0 atom stereocenters. The van der Waals surface area contributed by atoms with Crippen LogP contribution < -0.4 is 5.56 Å². The second-order valence-electron chi connectivity index (χ2n) is 9.05. The summed E-state index contributed by atoms with van der Waals surface area (Å²) in [6.07, 6.45) is 2.13. The van der Waals surface area contributed by atoms with Crippen molar-refractivity contribution in [1.29, 1.82) is 0 Å². The topological polar surface area (TPSA) is 75.3 Å². The van der Waals surface area contributed by atoms with E-state index < -0.39 is 11.7 Å². The zero-order valence-electron chi connectivity index (χ0n) is 17.4. The number of rotatable bonds is 3. The lowest BCUT2D eigenvalue weighted by Gasteiger charge is -2.30. The van der Waals surface area contributed by atoms with E-state index in [0.29, 0.717) is 18.5 Å². The van der Waals surface area contributed by atoms with E-state index in [2.05, 4.69) is 23.0 Å². The van der Waals surface area contributed by atoms with E-state index >= 15 is 0 Å². The fourth-order valence-corrected chi connectivity index (χ4v) is 4.91. The summed E-state index contributed by atoms with van der Waals surface area (Å²) in [6, 6.07) is 2.17. The molecule has 3 heterocycles. The minimum Gasteiger partial charge on any atom is -0.444 e. The summed E-state index contributed by atoms with van der Waals surface area (Å²) in [5.41, 5.74) is 2.65. The first-order valence-corrected chi connectivity index (χ1v) is 10.8. The minimum absolute atomic E-state index is 0.152. The van der Waals surface area contributed by atoms with Crippen LogP contribution in [0.5, 0.6) is 0 Å². The van der Waals surface area contributed by atoms with Crippen molar-refractivity contribution in [2.75, 3.05) is 6.54 Å². The van der Waals surface area contributed by atoms with Gasteiger partial charge >= 0.3 is 6.09 Å². The van der Waals surface area contributed by atoms with Crippen molar-refractivity contribution in [3.05, 3.63) is 55.9 Å². The summed E-state index contributed by atoms with van der Waals surface area (Å²) >= 11 is 1.70. The van der Waals surface area contributed by atoms with Crippen molar-refractivity contribution in [3.8, 4) is 0 Å². The third kappa shape index (κ3) is 3.75. The number of nitrogens with zero attached hydrogens (tertiary/aromatic N) is 2. The van der Waals surface area contributed by atoms with Crippen molar-refractivity contribution in [3.63, 3.8) is 0 Å². The number of thiophene rings is 1. The lowest BCUT2D eigenvalue weighted by Crippen LogP contribution is -2.42. The highest BCUT2D eigenvalue weighted by atomic mass is 32.1. The number of H-pyrrole nitrogens is 1. The number of amides is 1. The molecule has 1 aliphatic carbocycles. The molecule has 0 bridgehead atoms. The molecule has 1 aliphatic heterocycles. The summed E-state index contributed by atoms with van der Waals surface area (Å²) in [5.74, 6) is 0.752. The number of fused-ring (bicyclic) bond motifs is 1. The van der Waals surface area contributed by atoms with Gasteiger partial charge in [-0.15, -0.1) is 11.3 Å². The van der Waals surface area contributed by atoms with Crippen LogP contribution in [0.4, 0.5) is 4.79 Å². The summed E-state index contributed by atoms with van der Waals surface area (Å²) in [4.78, 5) is 35.9. The van der Waals surface area contributed by atoms with Gasteiger partial charge < -0.3 is 14.6 Å². The maximum absolute atomic E-state index is 12.9. The molecule has 7 heteroatoms. The molecule has 0 unspecified atom stereocenters. The minimum atomic E-state index is -0.562. The van der Waals surface area contributed by atoms with E-state index in [1.807, 2.05) is 27.7 Å². The van der Waals surface area contributed by atoms with Crippen LogP contribution in [0.2, 0.25) is 0 Å². The first-order valence-electron chi connectivity index (χ1n) is 9.94. The Labute approximate surface area is 174 Å². The van der Waals surface area contributed by atoms with Crippen molar-refractivity contribution in [1.82, 2.24) is 14.9 Å². The Morgan fingerprint density at radius 3 is 2.69 bits per heavy atom. The SMILES string of the molecule is C=C(C)c1csc(C2(c3nc4c(c(=O)[nH]3)CN(C(=O)OC(C)(C)C)CC4)CC2)c1. The van der Waals surface area contributed by atoms with Crippen LogP contribution in [-0.2, 0) is 23.1 Å². The molecule has 0 radical (unpaired) electrons. The van der Waals surface area contributed by atoms with Crippen molar-refractivity contribution < 1.29 is 9.53 Å². The van der Waals surface area contributed by atoms with Crippen LogP contribution >= 0.6 is 11.3 Å². The maximum atomic E-state index is 12.9. The predicted molar refractivity (Wildman–Crippen MR) is 114 cm³/mol. The van der Waals surface area contributed by atoms with Crippen LogP contribution in [0, 0.1) is 0 Å². The Kier molecular flexibility index (Phi) is 4.69. The highest BCUT2D eigenvalue weighted by molar-refractivity contribution is 7.10. The molecular formula is C22H27N3O3S. The highest BCUT2D eigenvalue weighted by Crippen LogP contribution is 2.54. The molecule has 4 rings (SSSR count). The fraction of sp³-hybridized carbons (Fsp3) is 0.500. The van der Waals surface area contributed by atoms with Crippen molar-refractivity contribution in [2.24, 2.45) is 0 Å². The zero-order chi connectivity index (χ0) is 21.0. The first kappa shape index (κ1) is 19.9. The summed E-state index contributed by atoms with van der Waals surface area (Å²) in [6.45, 7) is 12.3. The van der Waals surface area contributed by atoms with Crippen LogP contribution in [0.1, 0.15) is 68.1 Å². The van der Waals surface area contributed by atoms with Gasteiger partial charge in [0, 0.05) is 17.8 Å². The van der Waals surface area contributed by atoms with Gasteiger partial charge in [-0.2, -0.15) is 0 Å². The van der Waals surface area contributed by atoms with E-state index in [4.69, 9.17) is 9.72 Å². The molecule has 0 aromatic carbocycles. The summed E-state index contributed by atoms with van der Waals surface area (Å²) in [5, 5.41) is 2.12. The smallest absolute Gasteiger partial charge is 0.410 e. The van der Waals surface area contributed by atoms with E-state index in [-0.39, 0.29) is 17.5 Å². The number of hydrogen-bond donors (Lipinski definition) is 1. The Morgan fingerprint density at radius 2 is 2.10 bits per heavy atom. The lowest BCUT2D eigenvalue weighted by molar-refractivity contribution is 0.0221. The van der Waals surface area contributed by atoms with Gasteiger partial charge in [-0.1, -0.05) is 12.2 Å². The molecule has 1 amide bonds. The monoisotopic (exact) mass is 413 g/mol. The molecule has 1 fully saturated rings. The number of carbonyl (C=O) groups is 1. The summed E-state index contributed by atoms with van der Waals surface area (Å²) < 4.78 is 5.45. The highest BCUT2D eigenvalue weighted by Gasteiger charge is 2.50. The molecule has 2 aromatic rings. The molecule has 0 spiro atoms. The van der Waals surface area contributed by atoms with Gasteiger partial charge in [-0.3, -0.25) is 4.79 Å². The van der Waals surface area contributed by atoms with Gasteiger partial charge in [0.25, 0.3) is 5.56 Å². The van der Waals surface area contributed by atoms with E-state index in [0.717, 1.165) is 35.5 Å². The normalized spacial score (nSPS) is 17.6. The molecule has 2 aromatic heterocycles. The average Bonchev–Trinajstić information content (AvgIpc) is 3.29. The average molecular weight is 414 g/mol. The largest absolute Gasteiger partial charge is 0.444 e. The molecule has 1 N–H and O–H groups in total. The van der Waals surface area contributed by atoms with Gasteiger partial charge in [-0.05, 0) is 57.5 Å². The Balaban J connectivity index is 1.61. The molecule has 1 saturated carbocycles. The number of aromatic amines is 1. The standard InChI is InChI=1S/C22H27N3O3S/c1-13(2)14-10-17(29-12-14)22(7-8-22)19-23-16-6-9-25(11-15(16)18(26)24-19)20(27)28-21(3,4)5/h10,12H,1,6-9,11H2,2-5H3,(H,23,24,26). The molecular weight excluding hydrogens is 386 g/mol. The quantitative estimate of drug-likeness (QED) is 0.817. The van der Waals surface area contributed by atoms with Gasteiger partial charge in [0.05, 0.1) is 23.2 Å². The molecule has 29 heavy (non-hydrogen) atoms. The predicted octanol–water partition coefficient (Wildman–Crippen LogP) is 4.24. The van der Waals surface area contributed by atoms with E-state index in [9.17, 15) is 9.59 Å². The van der Waals surface area contributed by atoms with Crippen molar-refractivity contribution >= 4 is 23.0 Å². The number of carbonyl (C=O) groups excluding carboxylic acids is 1. The van der Waals surface area contributed by atoms with Gasteiger partial charge in [-0.25, -0.2) is 9.78 Å². The lowest BCUT2D eigenvalue weighted by atomic mass is 10.0. The second kappa shape index (κ2) is 6.83. The Hall–Kier alpha value is -2.41. The molecule has 2 aliphatic rings. The first-order chi connectivity index (χ1) is 13.6. The number of nitrogens with one attached hydrogen (secondary N) is 1. The third-order valence-corrected chi connectivity index (χ3v) is 6.62. The van der Waals surface area contributed by atoms with Crippen molar-refractivity contribution in [2.45, 2.75) is 64.5 Å². The third-order valence-electron chi connectivity index (χ3n) is 5.49. The van der Waals surface area contributed by atoms with E-state index in [1.165, 1.54) is 4.88 Å².